The summed E-state index contributed by atoms with van der Waals surface area (Å²) in [6, 6.07) is 8.60. The standard InChI is InChI=1S/C31H33F2N7O3S2/c1-16-12-21(35-18(3)34-16)14-22-15-24(28-30(37-22)40(31(39-28)29(32)33)26-8-6-7-11-43-26)38-23-10-9-20(13-25(23)45(5,41)42)27-17(2)44-19(4)36-27/h9-10,12-13,15,26,29H,6-8,11,14H2,1-5H3,(H,37,38). The maximum atomic E-state index is 14.5. The molecule has 1 saturated heterocycles. The van der Waals surface area contributed by atoms with E-state index in [0.717, 1.165) is 34.7 Å². The van der Waals surface area contributed by atoms with Gasteiger partial charge in [-0.25, -0.2) is 42.1 Å². The molecule has 1 aliphatic rings. The summed E-state index contributed by atoms with van der Waals surface area (Å²) in [6.07, 6.45) is 0.0870. The summed E-state index contributed by atoms with van der Waals surface area (Å²) < 4.78 is 62.5. The molecule has 0 bridgehead atoms. The molecule has 14 heteroatoms. The van der Waals surface area contributed by atoms with E-state index in [2.05, 4.69) is 25.3 Å². The number of hydrogen-bond acceptors (Lipinski definition) is 10. The van der Waals surface area contributed by atoms with E-state index in [-0.39, 0.29) is 28.2 Å². The Hall–Kier alpha value is -3.88. The largest absolute Gasteiger partial charge is 0.358 e. The zero-order valence-electron chi connectivity index (χ0n) is 25.6. The average molecular weight is 654 g/mol. The number of aromatic nitrogens is 6. The van der Waals surface area contributed by atoms with Crippen molar-refractivity contribution < 1.29 is 21.9 Å². The highest BCUT2D eigenvalue weighted by molar-refractivity contribution is 7.90. The first-order valence-corrected chi connectivity index (χ1v) is 17.3. The second kappa shape index (κ2) is 12.1. The van der Waals surface area contributed by atoms with Crippen LogP contribution in [0.15, 0.2) is 35.2 Å². The van der Waals surface area contributed by atoms with E-state index in [4.69, 9.17) is 9.72 Å². The molecule has 45 heavy (non-hydrogen) atoms. The molecular weight excluding hydrogens is 621 g/mol. The minimum absolute atomic E-state index is 0.0442. The van der Waals surface area contributed by atoms with Gasteiger partial charge >= 0.3 is 0 Å². The highest BCUT2D eigenvalue weighted by Gasteiger charge is 2.29. The molecule has 0 spiro atoms. The van der Waals surface area contributed by atoms with Crippen LogP contribution in [0.3, 0.4) is 0 Å². The van der Waals surface area contributed by atoms with Crippen LogP contribution in [-0.4, -0.2) is 50.8 Å². The number of anilines is 2. The predicted octanol–water partition coefficient (Wildman–Crippen LogP) is 6.95. The lowest BCUT2D eigenvalue weighted by Gasteiger charge is -2.25. The maximum Gasteiger partial charge on any atom is 0.295 e. The molecule has 1 aromatic carbocycles. The van der Waals surface area contributed by atoms with Gasteiger partial charge in [0.15, 0.2) is 21.3 Å². The number of nitrogens with one attached hydrogen (secondary N) is 1. The van der Waals surface area contributed by atoms with Crippen molar-refractivity contribution in [3.63, 3.8) is 0 Å². The number of imidazole rings is 1. The van der Waals surface area contributed by atoms with E-state index in [0.29, 0.717) is 47.2 Å². The van der Waals surface area contributed by atoms with Crippen molar-refractivity contribution in [3.8, 4) is 11.3 Å². The number of rotatable bonds is 8. The summed E-state index contributed by atoms with van der Waals surface area (Å²) in [5, 5.41) is 4.09. The number of halogens is 2. The molecular formula is C31H33F2N7O3S2. The Morgan fingerprint density at radius 3 is 2.42 bits per heavy atom. The number of sulfone groups is 1. The van der Waals surface area contributed by atoms with Crippen molar-refractivity contribution in [2.45, 2.75) is 70.9 Å². The Morgan fingerprint density at radius 2 is 1.78 bits per heavy atom. The molecule has 0 amide bonds. The van der Waals surface area contributed by atoms with Crippen LogP contribution >= 0.6 is 11.3 Å². The van der Waals surface area contributed by atoms with Crippen molar-refractivity contribution >= 4 is 43.7 Å². The lowest BCUT2D eigenvalue weighted by Crippen LogP contribution is -2.20. The van der Waals surface area contributed by atoms with Crippen molar-refractivity contribution in [2.75, 3.05) is 18.2 Å². The molecule has 5 aromatic rings. The van der Waals surface area contributed by atoms with E-state index >= 15 is 0 Å². The second-order valence-electron chi connectivity index (χ2n) is 11.3. The highest BCUT2D eigenvalue weighted by atomic mass is 32.2. The molecule has 1 N–H and O–H groups in total. The number of benzene rings is 1. The summed E-state index contributed by atoms with van der Waals surface area (Å²) in [5.41, 5.74) is 4.45. The van der Waals surface area contributed by atoms with Gasteiger partial charge in [-0.1, -0.05) is 6.07 Å². The molecule has 1 fully saturated rings. The first-order valence-electron chi connectivity index (χ1n) is 14.6. The minimum Gasteiger partial charge on any atom is -0.358 e. The Kier molecular flexibility index (Phi) is 8.39. The second-order valence-corrected chi connectivity index (χ2v) is 14.7. The topological polar surface area (TPSA) is 125 Å². The first-order chi connectivity index (χ1) is 21.4. The van der Waals surface area contributed by atoms with Crippen LogP contribution in [0.1, 0.15) is 70.5 Å². The fraction of sp³-hybridized carbons (Fsp3) is 0.387. The molecule has 6 rings (SSSR count). The van der Waals surface area contributed by atoms with Gasteiger partial charge in [0, 0.05) is 35.4 Å². The van der Waals surface area contributed by atoms with Crippen LogP contribution in [0.5, 0.6) is 0 Å². The van der Waals surface area contributed by atoms with E-state index in [1.54, 1.807) is 31.2 Å². The van der Waals surface area contributed by atoms with E-state index in [9.17, 15) is 17.2 Å². The number of ether oxygens (including phenoxy) is 1. The van der Waals surface area contributed by atoms with E-state index in [1.807, 2.05) is 26.8 Å². The molecule has 5 heterocycles. The number of pyridine rings is 1. The van der Waals surface area contributed by atoms with E-state index in [1.165, 1.54) is 15.9 Å². The van der Waals surface area contributed by atoms with Gasteiger partial charge in [0.25, 0.3) is 6.43 Å². The normalized spacial score (nSPS) is 15.7. The van der Waals surface area contributed by atoms with Gasteiger partial charge in [-0.05, 0) is 71.2 Å². The Bertz CT molecular complexity index is 2000. The van der Waals surface area contributed by atoms with Crippen molar-refractivity contribution in [2.24, 2.45) is 0 Å². The quantitative estimate of drug-likeness (QED) is 0.189. The SMILES string of the molecule is Cc1cc(Cc2cc(Nc3ccc(-c4nc(C)sc4C)cc3S(C)(=O)=O)c3nc(C(F)F)n(C4CCCCO4)c3n2)nc(C)n1. The molecule has 1 unspecified atom stereocenters. The van der Waals surface area contributed by atoms with Crippen LogP contribution < -0.4 is 5.32 Å². The van der Waals surface area contributed by atoms with Crippen molar-refractivity contribution in [3.05, 3.63) is 68.9 Å². The number of hydrogen-bond donors (Lipinski definition) is 1. The summed E-state index contributed by atoms with van der Waals surface area (Å²) >= 11 is 1.53. The molecule has 1 aliphatic heterocycles. The zero-order chi connectivity index (χ0) is 32.0. The average Bonchev–Trinajstić information content (AvgIpc) is 3.52. The summed E-state index contributed by atoms with van der Waals surface area (Å²) in [7, 11) is -3.73. The lowest BCUT2D eigenvalue weighted by atomic mass is 10.1. The zero-order valence-corrected chi connectivity index (χ0v) is 27.2. The first kappa shape index (κ1) is 31.1. The van der Waals surface area contributed by atoms with Gasteiger partial charge < -0.3 is 10.1 Å². The van der Waals surface area contributed by atoms with Crippen LogP contribution in [0.2, 0.25) is 0 Å². The lowest BCUT2D eigenvalue weighted by molar-refractivity contribution is -0.0363. The van der Waals surface area contributed by atoms with Crippen LogP contribution in [-0.2, 0) is 21.0 Å². The molecule has 0 aliphatic carbocycles. The third-order valence-corrected chi connectivity index (χ3v) is 9.60. The van der Waals surface area contributed by atoms with Gasteiger partial charge in [-0.3, -0.25) is 4.57 Å². The number of alkyl halides is 2. The maximum absolute atomic E-state index is 14.5. The van der Waals surface area contributed by atoms with Crippen LogP contribution in [0.4, 0.5) is 20.2 Å². The molecule has 4 aromatic heterocycles. The third-order valence-electron chi connectivity index (χ3n) is 7.58. The Morgan fingerprint density at radius 1 is 1.00 bits per heavy atom. The number of fused-ring (bicyclic) bond motifs is 1. The number of thiazole rings is 1. The summed E-state index contributed by atoms with van der Waals surface area (Å²) in [4.78, 5) is 23.6. The van der Waals surface area contributed by atoms with Gasteiger partial charge in [0.2, 0.25) is 0 Å². The molecule has 0 saturated carbocycles. The molecule has 10 nitrogen and oxygen atoms in total. The van der Waals surface area contributed by atoms with E-state index < -0.39 is 28.3 Å². The monoisotopic (exact) mass is 653 g/mol. The summed E-state index contributed by atoms with van der Waals surface area (Å²) in [6.45, 7) is 7.96. The molecule has 0 radical (unpaired) electrons. The number of nitrogens with zero attached hydrogens (tertiary/aromatic N) is 6. The van der Waals surface area contributed by atoms with Gasteiger partial charge in [0.1, 0.15) is 17.6 Å². The predicted molar refractivity (Wildman–Crippen MR) is 169 cm³/mol. The Balaban J connectivity index is 1.53. The van der Waals surface area contributed by atoms with Gasteiger partial charge in [-0.15, -0.1) is 11.3 Å². The fourth-order valence-corrected chi connectivity index (χ4v) is 7.47. The van der Waals surface area contributed by atoms with Crippen molar-refractivity contribution in [1.82, 2.24) is 29.5 Å². The highest BCUT2D eigenvalue weighted by Crippen LogP contribution is 2.38. The van der Waals surface area contributed by atoms with Gasteiger partial charge in [0.05, 0.1) is 38.4 Å². The Labute approximate surface area is 263 Å². The molecule has 1 atom stereocenters. The minimum atomic E-state index is -3.73. The van der Waals surface area contributed by atoms with Crippen LogP contribution in [0, 0.1) is 27.7 Å². The van der Waals surface area contributed by atoms with Crippen molar-refractivity contribution in [1.29, 1.82) is 0 Å². The fourth-order valence-electron chi connectivity index (χ4n) is 5.77. The molecule has 236 valence electrons. The van der Waals surface area contributed by atoms with Crippen LogP contribution in [0.25, 0.3) is 22.4 Å². The smallest absolute Gasteiger partial charge is 0.295 e. The van der Waals surface area contributed by atoms with Gasteiger partial charge in [-0.2, -0.15) is 0 Å². The number of aryl methyl sites for hydroxylation is 4. The third kappa shape index (κ3) is 6.44. The summed E-state index contributed by atoms with van der Waals surface area (Å²) in [5.74, 6) is 0.153.